The van der Waals surface area contributed by atoms with Crippen molar-refractivity contribution in [1.82, 2.24) is 4.90 Å². The summed E-state index contributed by atoms with van der Waals surface area (Å²) in [7, 11) is 0. The molecule has 0 bridgehead atoms. The zero-order valence-electron chi connectivity index (χ0n) is 14.8. The van der Waals surface area contributed by atoms with Crippen LogP contribution in [0.5, 0.6) is 0 Å². The summed E-state index contributed by atoms with van der Waals surface area (Å²) >= 11 is 7.51. The molecule has 0 saturated carbocycles. The van der Waals surface area contributed by atoms with Crippen molar-refractivity contribution >= 4 is 34.4 Å². The number of para-hydroxylation sites is 1. The second kappa shape index (κ2) is 9.77. The molecule has 3 nitrogen and oxygen atoms in total. The van der Waals surface area contributed by atoms with Gasteiger partial charge in [0.05, 0.1) is 32.7 Å². The Kier molecular flexibility index (Phi) is 7.69. The number of rotatable bonds is 8. The predicted molar refractivity (Wildman–Crippen MR) is 109 cm³/mol. The van der Waals surface area contributed by atoms with E-state index >= 15 is 0 Å². The summed E-state index contributed by atoms with van der Waals surface area (Å²) in [5.41, 5.74) is 2.30. The number of likely N-dealkylation sites (N-methyl/N-ethyl adjacent to an activating group) is 1. The maximum Gasteiger partial charge on any atom is 0.173 e. The highest BCUT2D eigenvalue weighted by molar-refractivity contribution is 7.80. The lowest BCUT2D eigenvalue weighted by molar-refractivity contribution is -0.895. The number of nitrogens with one attached hydrogen (secondary N) is 2. The van der Waals surface area contributed by atoms with Gasteiger partial charge >= 0.3 is 0 Å². The molecule has 0 atom stereocenters. The van der Waals surface area contributed by atoms with Gasteiger partial charge in [-0.3, -0.25) is 0 Å². The third-order valence-corrected chi connectivity index (χ3v) is 5.56. The summed E-state index contributed by atoms with van der Waals surface area (Å²) in [6, 6.07) is 12.6. The first-order chi connectivity index (χ1) is 11.6. The summed E-state index contributed by atoms with van der Waals surface area (Å²) in [4.78, 5) is 5.24. The van der Waals surface area contributed by atoms with E-state index in [1.807, 2.05) is 6.07 Å². The van der Waals surface area contributed by atoms with Crippen molar-refractivity contribution in [3.05, 3.63) is 52.2 Å². The normalized spacial score (nSPS) is 10.8. The number of nitrogens with zero attached hydrogens (tertiary/aromatic N) is 1. The van der Waals surface area contributed by atoms with Crippen molar-refractivity contribution in [2.24, 2.45) is 0 Å². The Morgan fingerprint density at radius 2 is 1.92 bits per heavy atom. The Bertz CT molecular complexity index is 621. The predicted octanol–water partition coefficient (Wildman–Crippen LogP) is 3.18. The Morgan fingerprint density at radius 3 is 2.54 bits per heavy atom. The summed E-state index contributed by atoms with van der Waals surface area (Å²) in [6.07, 6.45) is 0. The average Bonchev–Trinajstić information content (AvgIpc) is 3.09. The van der Waals surface area contributed by atoms with Gasteiger partial charge in [-0.1, -0.05) is 24.3 Å². The second-order valence-electron chi connectivity index (χ2n) is 5.95. The molecule has 0 aliphatic heterocycles. The molecule has 0 amide bonds. The fraction of sp³-hybridized carbons (Fsp3) is 0.421. The van der Waals surface area contributed by atoms with E-state index in [1.54, 1.807) is 16.2 Å². The highest BCUT2D eigenvalue weighted by Gasteiger charge is 2.14. The number of hydrogen-bond acceptors (Lipinski definition) is 2. The first-order valence-electron chi connectivity index (χ1n) is 8.61. The van der Waals surface area contributed by atoms with Gasteiger partial charge < -0.3 is 15.1 Å². The maximum atomic E-state index is 5.72. The number of benzene rings is 1. The highest BCUT2D eigenvalue weighted by atomic mass is 32.1. The largest absolute Gasteiger partial charge is 0.338 e. The van der Waals surface area contributed by atoms with Crippen LogP contribution in [-0.4, -0.2) is 36.2 Å². The maximum absolute atomic E-state index is 5.72. The van der Waals surface area contributed by atoms with Gasteiger partial charge in [-0.05, 0) is 56.1 Å². The molecule has 130 valence electrons. The van der Waals surface area contributed by atoms with E-state index in [9.17, 15) is 0 Å². The van der Waals surface area contributed by atoms with Gasteiger partial charge in [0.15, 0.2) is 5.11 Å². The zero-order valence-corrected chi connectivity index (χ0v) is 16.5. The Morgan fingerprint density at radius 1 is 1.17 bits per heavy atom. The Hall–Kier alpha value is -1.43. The van der Waals surface area contributed by atoms with Gasteiger partial charge in [0.1, 0.15) is 0 Å². The number of quaternary nitrogens is 1. The van der Waals surface area contributed by atoms with Crippen LogP contribution in [0, 0.1) is 6.92 Å². The number of thiophene rings is 1. The minimum absolute atomic E-state index is 0.809. The monoisotopic (exact) mass is 362 g/mol. The van der Waals surface area contributed by atoms with Crippen LogP contribution < -0.4 is 10.2 Å². The van der Waals surface area contributed by atoms with Crippen molar-refractivity contribution in [3.63, 3.8) is 0 Å². The summed E-state index contributed by atoms with van der Waals surface area (Å²) in [5, 5.41) is 6.37. The highest BCUT2D eigenvalue weighted by Crippen LogP contribution is 2.16. The van der Waals surface area contributed by atoms with Crippen molar-refractivity contribution in [2.75, 3.05) is 31.5 Å². The third kappa shape index (κ3) is 5.58. The minimum Gasteiger partial charge on any atom is -0.338 e. The van der Waals surface area contributed by atoms with E-state index in [2.05, 4.69) is 66.7 Å². The molecule has 0 unspecified atom stereocenters. The standard InChI is InChI=1S/C19H27N3S2/c1-4-21(5-2)12-13-22(15-17-10-8-14-24-17)19(23)20-18-11-7-6-9-16(18)3/h6-11,14H,4-5,12-13,15H2,1-3H3,(H,20,23)/p+1. The van der Waals surface area contributed by atoms with Gasteiger partial charge in [-0.2, -0.15) is 0 Å². The molecule has 0 fully saturated rings. The molecule has 0 radical (unpaired) electrons. The molecule has 24 heavy (non-hydrogen) atoms. The van der Waals surface area contributed by atoms with E-state index < -0.39 is 0 Å². The topological polar surface area (TPSA) is 19.7 Å². The van der Waals surface area contributed by atoms with Gasteiger partial charge in [-0.15, -0.1) is 11.3 Å². The van der Waals surface area contributed by atoms with Crippen molar-refractivity contribution < 1.29 is 4.90 Å². The van der Waals surface area contributed by atoms with Crippen LogP contribution in [0.25, 0.3) is 0 Å². The lowest BCUT2D eigenvalue weighted by atomic mass is 10.2. The van der Waals surface area contributed by atoms with Gasteiger partial charge in [-0.25, -0.2) is 0 Å². The lowest BCUT2D eigenvalue weighted by Crippen LogP contribution is -3.12. The molecule has 0 aliphatic rings. The Labute approximate surface area is 155 Å². The van der Waals surface area contributed by atoms with E-state index in [0.29, 0.717) is 0 Å². The second-order valence-corrected chi connectivity index (χ2v) is 7.37. The molecule has 1 aromatic carbocycles. The quantitative estimate of drug-likeness (QED) is 0.704. The molecule has 2 rings (SSSR count). The number of thiocarbonyl (C=S) groups is 1. The van der Waals surface area contributed by atoms with Crippen molar-refractivity contribution in [1.29, 1.82) is 0 Å². The summed E-state index contributed by atoms with van der Waals surface area (Å²) in [6.45, 7) is 11.8. The van der Waals surface area contributed by atoms with Gasteiger partial charge in [0, 0.05) is 10.6 Å². The third-order valence-electron chi connectivity index (χ3n) is 4.34. The SMILES string of the molecule is CC[NH+](CC)CCN(Cc1cccs1)C(=S)Nc1ccccc1C. The minimum atomic E-state index is 0.809. The molecule has 2 aromatic rings. The molecule has 1 aromatic heterocycles. The summed E-state index contributed by atoms with van der Waals surface area (Å²) < 4.78 is 0. The first-order valence-corrected chi connectivity index (χ1v) is 9.90. The van der Waals surface area contributed by atoms with Crippen LogP contribution in [0.2, 0.25) is 0 Å². The lowest BCUT2D eigenvalue weighted by Gasteiger charge is -2.27. The molecule has 2 N–H and O–H groups in total. The molecule has 1 heterocycles. The van der Waals surface area contributed by atoms with Crippen LogP contribution in [0.1, 0.15) is 24.3 Å². The van der Waals surface area contributed by atoms with Crippen LogP contribution in [0.4, 0.5) is 5.69 Å². The van der Waals surface area contributed by atoms with E-state index in [4.69, 9.17) is 12.2 Å². The molecule has 0 spiro atoms. The Balaban J connectivity index is 2.05. The van der Waals surface area contributed by atoms with Crippen LogP contribution >= 0.6 is 23.6 Å². The van der Waals surface area contributed by atoms with E-state index in [0.717, 1.165) is 43.5 Å². The van der Waals surface area contributed by atoms with Crippen molar-refractivity contribution in [3.8, 4) is 0 Å². The van der Waals surface area contributed by atoms with Crippen LogP contribution in [0.15, 0.2) is 41.8 Å². The van der Waals surface area contributed by atoms with Crippen molar-refractivity contribution in [2.45, 2.75) is 27.3 Å². The van der Waals surface area contributed by atoms with E-state index in [1.165, 1.54) is 10.4 Å². The number of hydrogen-bond donors (Lipinski definition) is 2. The first kappa shape index (κ1) is 18.9. The smallest absolute Gasteiger partial charge is 0.173 e. The fourth-order valence-electron chi connectivity index (χ4n) is 2.65. The molecule has 0 aliphatic carbocycles. The molecular formula is C19H28N3S2+. The zero-order chi connectivity index (χ0) is 17.4. The fourth-order valence-corrected chi connectivity index (χ4v) is 3.63. The van der Waals surface area contributed by atoms with Gasteiger partial charge in [0.2, 0.25) is 0 Å². The molecular weight excluding hydrogens is 334 g/mol. The van der Waals surface area contributed by atoms with Crippen LogP contribution in [-0.2, 0) is 6.54 Å². The molecule has 5 heteroatoms. The molecule has 0 saturated heterocycles. The van der Waals surface area contributed by atoms with E-state index in [-0.39, 0.29) is 0 Å². The number of anilines is 1. The number of aryl methyl sites for hydroxylation is 1. The summed E-state index contributed by atoms with van der Waals surface area (Å²) in [5.74, 6) is 0. The van der Waals surface area contributed by atoms with Crippen LogP contribution in [0.3, 0.4) is 0 Å². The average molecular weight is 363 g/mol. The van der Waals surface area contributed by atoms with Gasteiger partial charge in [0.25, 0.3) is 0 Å².